The molecule has 4 amide bonds. The zero-order chi connectivity index (χ0) is 27.1. The molecule has 11 heteroatoms. The monoisotopic (exact) mass is 524 g/mol. The second-order valence-corrected chi connectivity index (χ2v) is 9.16. The lowest BCUT2D eigenvalue weighted by Gasteiger charge is -2.25. The van der Waals surface area contributed by atoms with Crippen LogP contribution in [-0.4, -0.2) is 93.0 Å². The fraction of sp³-hybridized carbons (Fsp3) is 0.407. The van der Waals surface area contributed by atoms with E-state index < -0.39 is 23.8 Å². The van der Waals surface area contributed by atoms with Crippen LogP contribution in [0.1, 0.15) is 22.3 Å². The number of hydrogen-bond acceptors (Lipinski definition) is 7. The topological polar surface area (TPSA) is 127 Å². The molecule has 0 fully saturated rings. The van der Waals surface area contributed by atoms with Crippen LogP contribution in [-0.2, 0) is 20.8 Å². The molecule has 2 N–H and O–H groups in total. The Labute approximate surface area is 221 Å². The molecule has 0 radical (unpaired) electrons. The van der Waals surface area contributed by atoms with Gasteiger partial charge in [0.1, 0.15) is 31.6 Å². The van der Waals surface area contributed by atoms with Gasteiger partial charge >= 0.3 is 0 Å². The number of hydrogen-bond donors (Lipinski definition) is 2. The summed E-state index contributed by atoms with van der Waals surface area (Å²) in [5.41, 5.74) is 1.17. The molecule has 2 aromatic carbocycles. The van der Waals surface area contributed by atoms with Crippen LogP contribution in [0.2, 0.25) is 0 Å². The summed E-state index contributed by atoms with van der Waals surface area (Å²) in [7, 11) is 3.11. The van der Waals surface area contributed by atoms with E-state index in [0.717, 1.165) is 5.56 Å². The largest absolute Gasteiger partial charge is 0.491 e. The van der Waals surface area contributed by atoms with E-state index in [0.29, 0.717) is 36.9 Å². The van der Waals surface area contributed by atoms with Crippen LogP contribution >= 0.6 is 0 Å². The molecule has 0 saturated heterocycles. The van der Waals surface area contributed by atoms with Gasteiger partial charge in [0, 0.05) is 20.6 Å². The third kappa shape index (κ3) is 6.72. The van der Waals surface area contributed by atoms with Crippen LogP contribution in [0.15, 0.2) is 42.5 Å². The number of fused-ring (bicyclic) bond motifs is 2. The molecule has 0 unspecified atom stereocenters. The number of nitrogens with one attached hydrogen (secondary N) is 2. The molecule has 1 atom stereocenters. The van der Waals surface area contributed by atoms with E-state index in [1.54, 1.807) is 31.3 Å². The molecule has 0 aliphatic carbocycles. The van der Waals surface area contributed by atoms with Crippen molar-refractivity contribution >= 4 is 23.6 Å². The molecule has 4 rings (SSSR count). The standard InChI is InChI=1S/C27H32N4O7/c1-30-11-12-36-21-6-4-3-5-19(21)26(34)29-20(16-24(32)31(2)17-25(30)33)27(35)28-10-9-18-7-8-22-23(15-18)38-14-13-37-22/h3-8,15,20H,9-14,16-17H2,1-2H3,(H,28,35)(H,29,34)/t20-/m0/s1. The lowest BCUT2D eigenvalue weighted by Crippen LogP contribution is -2.50. The van der Waals surface area contributed by atoms with E-state index in [1.807, 2.05) is 18.2 Å². The summed E-state index contributed by atoms with van der Waals surface area (Å²) in [5, 5.41) is 5.49. The molecule has 38 heavy (non-hydrogen) atoms. The summed E-state index contributed by atoms with van der Waals surface area (Å²) >= 11 is 0. The molecule has 2 aliphatic heterocycles. The lowest BCUT2D eigenvalue weighted by atomic mass is 10.1. The van der Waals surface area contributed by atoms with Gasteiger partial charge in [-0.25, -0.2) is 0 Å². The first kappa shape index (κ1) is 26.8. The van der Waals surface area contributed by atoms with Gasteiger partial charge < -0.3 is 34.6 Å². The molecule has 0 spiro atoms. The first-order valence-electron chi connectivity index (χ1n) is 12.5. The maximum Gasteiger partial charge on any atom is 0.255 e. The number of likely N-dealkylation sites (N-methyl/N-ethyl adjacent to an activating group) is 2. The predicted octanol–water partition coefficient (Wildman–Crippen LogP) is 0.614. The van der Waals surface area contributed by atoms with Crippen LogP contribution in [0.5, 0.6) is 17.2 Å². The van der Waals surface area contributed by atoms with E-state index in [-0.39, 0.29) is 44.1 Å². The van der Waals surface area contributed by atoms with Gasteiger partial charge in [-0.15, -0.1) is 0 Å². The Bertz CT molecular complexity index is 1200. The smallest absolute Gasteiger partial charge is 0.255 e. The molecular formula is C27H32N4O7. The lowest BCUT2D eigenvalue weighted by molar-refractivity contribution is -0.139. The maximum absolute atomic E-state index is 13.1. The fourth-order valence-corrected chi connectivity index (χ4v) is 4.08. The number of carbonyl (C=O) groups is 4. The number of para-hydroxylation sites is 1. The van der Waals surface area contributed by atoms with Gasteiger partial charge in [0.25, 0.3) is 5.91 Å². The quantitative estimate of drug-likeness (QED) is 0.600. The second kappa shape index (κ2) is 12.3. The summed E-state index contributed by atoms with van der Waals surface area (Å²) in [5.74, 6) is -0.0868. The van der Waals surface area contributed by atoms with E-state index in [1.165, 1.54) is 16.8 Å². The Kier molecular flexibility index (Phi) is 8.67. The average molecular weight is 525 g/mol. The van der Waals surface area contributed by atoms with Crippen molar-refractivity contribution in [2.45, 2.75) is 18.9 Å². The van der Waals surface area contributed by atoms with Crippen molar-refractivity contribution in [1.82, 2.24) is 20.4 Å². The van der Waals surface area contributed by atoms with E-state index in [2.05, 4.69) is 10.6 Å². The zero-order valence-corrected chi connectivity index (χ0v) is 21.5. The first-order chi connectivity index (χ1) is 18.3. The minimum Gasteiger partial charge on any atom is -0.491 e. The van der Waals surface area contributed by atoms with Gasteiger partial charge in [-0.1, -0.05) is 18.2 Å². The van der Waals surface area contributed by atoms with Gasteiger partial charge in [0.15, 0.2) is 11.5 Å². The van der Waals surface area contributed by atoms with E-state index in [4.69, 9.17) is 14.2 Å². The molecule has 0 saturated carbocycles. The van der Waals surface area contributed by atoms with E-state index in [9.17, 15) is 19.2 Å². The molecule has 0 aromatic heterocycles. The van der Waals surface area contributed by atoms with Gasteiger partial charge in [0.05, 0.1) is 25.1 Å². The van der Waals surface area contributed by atoms with Crippen molar-refractivity contribution in [1.29, 1.82) is 0 Å². The van der Waals surface area contributed by atoms with Crippen molar-refractivity contribution in [2.24, 2.45) is 0 Å². The molecular weight excluding hydrogens is 492 g/mol. The summed E-state index contributed by atoms with van der Waals surface area (Å²) in [6.45, 7) is 1.55. The molecule has 2 heterocycles. The number of rotatable bonds is 4. The highest BCUT2D eigenvalue weighted by atomic mass is 16.6. The number of nitrogens with zero attached hydrogens (tertiary/aromatic N) is 2. The predicted molar refractivity (Wildman–Crippen MR) is 137 cm³/mol. The first-order valence-corrected chi connectivity index (χ1v) is 12.5. The van der Waals surface area contributed by atoms with Crippen molar-refractivity contribution in [3.05, 3.63) is 53.6 Å². The Morgan fingerprint density at radius 3 is 2.47 bits per heavy atom. The minimum atomic E-state index is -1.15. The maximum atomic E-state index is 13.1. The highest BCUT2D eigenvalue weighted by Crippen LogP contribution is 2.30. The van der Waals surface area contributed by atoms with Crippen LogP contribution in [0.25, 0.3) is 0 Å². The third-order valence-corrected chi connectivity index (χ3v) is 6.36. The normalized spacial score (nSPS) is 18.6. The van der Waals surface area contributed by atoms with Crippen molar-refractivity contribution in [3.8, 4) is 17.2 Å². The number of benzene rings is 2. The van der Waals surface area contributed by atoms with Gasteiger partial charge in [-0.05, 0) is 36.2 Å². The molecule has 0 bridgehead atoms. The fourth-order valence-electron chi connectivity index (χ4n) is 4.08. The zero-order valence-electron chi connectivity index (χ0n) is 21.5. The van der Waals surface area contributed by atoms with Crippen LogP contribution in [0.4, 0.5) is 0 Å². The number of ether oxygens (including phenoxy) is 3. The highest BCUT2D eigenvalue weighted by molar-refractivity contribution is 6.00. The average Bonchev–Trinajstić information content (AvgIpc) is 2.92. The van der Waals surface area contributed by atoms with Crippen LogP contribution in [0, 0.1) is 0 Å². The van der Waals surface area contributed by atoms with Gasteiger partial charge in [-0.3, -0.25) is 19.2 Å². The van der Waals surface area contributed by atoms with Crippen LogP contribution in [0.3, 0.4) is 0 Å². The van der Waals surface area contributed by atoms with Crippen molar-refractivity contribution in [2.75, 3.05) is 53.6 Å². The summed E-state index contributed by atoms with van der Waals surface area (Å²) in [6.07, 6.45) is 0.201. The Hall–Kier alpha value is -4.28. The minimum absolute atomic E-state index is 0.154. The van der Waals surface area contributed by atoms with Gasteiger partial charge in [-0.2, -0.15) is 0 Å². The second-order valence-electron chi connectivity index (χ2n) is 9.16. The third-order valence-electron chi connectivity index (χ3n) is 6.36. The number of carbonyl (C=O) groups excluding carboxylic acids is 4. The summed E-state index contributed by atoms with van der Waals surface area (Å²) in [4.78, 5) is 54.4. The van der Waals surface area contributed by atoms with Crippen molar-refractivity contribution in [3.63, 3.8) is 0 Å². The highest BCUT2D eigenvalue weighted by Gasteiger charge is 2.28. The van der Waals surface area contributed by atoms with Crippen molar-refractivity contribution < 1.29 is 33.4 Å². The van der Waals surface area contributed by atoms with Crippen LogP contribution < -0.4 is 24.8 Å². The summed E-state index contributed by atoms with van der Waals surface area (Å²) < 4.78 is 16.9. The van der Waals surface area contributed by atoms with Gasteiger partial charge in [0.2, 0.25) is 17.7 Å². The molecule has 202 valence electrons. The summed E-state index contributed by atoms with van der Waals surface area (Å²) in [6, 6.07) is 11.1. The molecule has 2 aliphatic rings. The SMILES string of the molecule is CN1CCOc2ccccc2C(=O)N[C@H](C(=O)NCCc2ccc3c(c2)OCCO3)CC(=O)N(C)CC1=O. The van der Waals surface area contributed by atoms with E-state index >= 15 is 0 Å². The Morgan fingerprint density at radius 1 is 0.921 bits per heavy atom. The Morgan fingerprint density at radius 2 is 1.66 bits per heavy atom. The number of amides is 4. The molecule has 11 nitrogen and oxygen atoms in total. The Balaban J connectivity index is 1.47. The molecule has 2 aromatic rings.